The quantitative estimate of drug-likeness (QED) is 0.0315. The topological polar surface area (TPSA) is 282 Å². The number of guanidine groups is 1. The highest BCUT2D eigenvalue weighted by atomic mass is 16.2. The number of aromatic nitrogens is 2. The lowest BCUT2D eigenvalue weighted by Gasteiger charge is -2.25. The molecule has 12 N–H and O–H groups in total. The first-order valence-electron chi connectivity index (χ1n) is 15.3. The summed E-state index contributed by atoms with van der Waals surface area (Å²) in [5.74, 6) is -3.24. The van der Waals surface area contributed by atoms with Crippen LogP contribution in [0.25, 0.3) is 0 Å². The van der Waals surface area contributed by atoms with E-state index in [2.05, 4.69) is 41.5 Å². The maximum Gasteiger partial charge on any atom is 0.243 e. The van der Waals surface area contributed by atoms with E-state index in [4.69, 9.17) is 17.2 Å². The number of imidazole rings is 1. The second kappa shape index (κ2) is 19.8. The summed E-state index contributed by atoms with van der Waals surface area (Å²) >= 11 is 0. The molecule has 258 valence electrons. The molecular weight excluding hydrogens is 598 g/mol. The van der Waals surface area contributed by atoms with Crippen LogP contribution in [0.2, 0.25) is 0 Å². The van der Waals surface area contributed by atoms with E-state index >= 15 is 0 Å². The van der Waals surface area contributed by atoms with Crippen LogP contribution < -0.4 is 43.8 Å². The highest BCUT2D eigenvalue weighted by Crippen LogP contribution is 2.06. The van der Waals surface area contributed by atoms with Gasteiger partial charge in [-0.2, -0.15) is 0 Å². The largest absolute Gasteiger partial charge is 0.370 e. The molecule has 1 aromatic rings. The van der Waals surface area contributed by atoms with Gasteiger partial charge in [-0.25, -0.2) is 4.98 Å². The van der Waals surface area contributed by atoms with Crippen molar-refractivity contribution in [2.45, 2.75) is 103 Å². The Bertz CT molecular complexity index is 1180. The Kier molecular flexibility index (Phi) is 17.0. The minimum absolute atomic E-state index is 0.00719. The molecule has 5 amide bonds. The van der Waals surface area contributed by atoms with Gasteiger partial charge in [-0.15, -0.1) is 0 Å². The van der Waals surface area contributed by atoms with E-state index in [1.54, 1.807) is 13.8 Å². The third-order valence-electron chi connectivity index (χ3n) is 6.93. The molecule has 46 heavy (non-hydrogen) atoms. The van der Waals surface area contributed by atoms with Crippen LogP contribution in [0.3, 0.4) is 0 Å². The molecule has 0 aliphatic heterocycles. The third kappa shape index (κ3) is 14.5. The van der Waals surface area contributed by atoms with Gasteiger partial charge in [0.1, 0.15) is 30.5 Å². The first-order chi connectivity index (χ1) is 21.5. The summed E-state index contributed by atoms with van der Waals surface area (Å²) in [5, 5.41) is 13.0. The molecule has 0 aliphatic rings. The Labute approximate surface area is 269 Å². The molecule has 0 fully saturated rings. The van der Waals surface area contributed by atoms with Crippen molar-refractivity contribution >= 4 is 41.8 Å². The van der Waals surface area contributed by atoms with Crippen molar-refractivity contribution in [3.63, 3.8) is 0 Å². The lowest BCUT2D eigenvalue weighted by molar-refractivity contribution is -0.134. The zero-order valence-corrected chi connectivity index (χ0v) is 27.5. The predicted octanol–water partition coefficient (Wildman–Crippen LogP) is -2.30. The molecule has 17 nitrogen and oxygen atoms in total. The molecule has 0 bridgehead atoms. The van der Waals surface area contributed by atoms with E-state index in [1.807, 2.05) is 13.8 Å². The van der Waals surface area contributed by atoms with Gasteiger partial charge in [0.2, 0.25) is 29.5 Å². The normalized spacial score (nSPS) is 15.0. The van der Waals surface area contributed by atoms with E-state index in [0.29, 0.717) is 24.8 Å². The summed E-state index contributed by atoms with van der Waals surface area (Å²) < 4.78 is 0. The summed E-state index contributed by atoms with van der Waals surface area (Å²) in [4.78, 5) is 87.0. The molecule has 0 unspecified atom stereocenters. The van der Waals surface area contributed by atoms with E-state index in [9.17, 15) is 28.8 Å². The number of nitrogens with one attached hydrogen (secondary N) is 6. The second-order valence-corrected chi connectivity index (χ2v) is 12.0. The summed E-state index contributed by atoms with van der Waals surface area (Å²) in [6, 6.07) is -5.95. The van der Waals surface area contributed by atoms with Gasteiger partial charge in [-0.05, 0) is 44.9 Å². The average molecular weight is 650 g/mol. The van der Waals surface area contributed by atoms with E-state index in [0.717, 1.165) is 0 Å². The van der Waals surface area contributed by atoms with Crippen molar-refractivity contribution in [1.82, 2.24) is 36.6 Å². The third-order valence-corrected chi connectivity index (χ3v) is 6.93. The van der Waals surface area contributed by atoms with Gasteiger partial charge in [-0.3, -0.25) is 29.0 Å². The van der Waals surface area contributed by atoms with Crippen LogP contribution >= 0.6 is 0 Å². The van der Waals surface area contributed by atoms with Crippen LogP contribution in [0.5, 0.6) is 0 Å². The number of amides is 5. The molecule has 0 saturated heterocycles. The number of H-pyrrole nitrogens is 1. The van der Waals surface area contributed by atoms with Crippen molar-refractivity contribution in [2.75, 3.05) is 6.54 Å². The molecule has 1 rings (SSSR count). The number of aliphatic imine (C=N–C) groups is 1. The van der Waals surface area contributed by atoms with Crippen LogP contribution in [0.15, 0.2) is 17.5 Å². The average Bonchev–Trinajstić information content (AvgIpc) is 3.49. The molecule has 0 radical (unpaired) electrons. The van der Waals surface area contributed by atoms with E-state index < -0.39 is 65.8 Å². The fraction of sp³-hybridized carbons (Fsp3) is 0.655. The summed E-state index contributed by atoms with van der Waals surface area (Å²) in [5.41, 5.74) is 17.3. The fourth-order valence-corrected chi connectivity index (χ4v) is 4.19. The van der Waals surface area contributed by atoms with Crippen LogP contribution in [-0.2, 0) is 35.2 Å². The van der Waals surface area contributed by atoms with Gasteiger partial charge in [0, 0.05) is 24.9 Å². The van der Waals surface area contributed by atoms with Gasteiger partial charge in [0.05, 0.1) is 18.4 Å². The lowest BCUT2D eigenvalue weighted by Crippen LogP contribution is -2.58. The first kappa shape index (κ1) is 39.5. The van der Waals surface area contributed by atoms with Gasteiger partial charge in [0.15, 0.2) is 5.96 Å². The Balaban J connectivity index is 3.00. The second-order valence-electron chi connectivity index (χ2n) is 12.0. The van der Waals surface area contributed by atoms with Crippen molar-refractivity contribution in [3.05, 3.63) is 18.2 Å². The van der Waals surface area contributed by atoms with Crippen molar-refractivity contribution in [3.8, 4) is 0 Å². The molecule has 0 aromatic carbocycles. The van der Waals surface area contributed by atoms with E-state index in [-0.39, 0.29) is 37.2 Å². The summed E-state index contributed by atoms with van der Waals surface area (Å²) in [6.45, 7) is 10.4. The van der Waals surface area contributed by atoms with Gasteiger partial charge in [0.25, 0.3) is 0 Å². The lowest BCUT2D eigenvalue weighted by atomic mass is 10.0. The highest BCUT2D eigenvalue weighted by molar-refractivity contribution is 5.96. The number of hydrogen-bond donors (Lipinski definition) is 9. The Morgan fingerprint density at radius 3 is 1.91 bits per heavy atom. The molecule has 0 spiro atoms. The number of carbonyl (C=O) groups excluding carboxylic acids is 6. The highest BCUT2D eigenvalue weighted by Gasteiger charge is 2.30. The minimum Gasteiger partial charge on any atom is -0.370 e. The van der Waals surface area contributed by atoms with Gasteiger partial charge in [-0.1, -0.05) is 27.7 Å². The Morgan fingerprint density at radius 2 is 1.41 bits per heavy atom. The molecule has 1 aromatic heterocycles. The number of rotatable bonds is 20. The number of carbonyl (C=O) groups is 6. The molecular formula is C29H51N11O6. The zero-order chi connectivity index (χ0) is 35.0. The summed E-state index contributed by atoms with van der Waals surface area (Å²) in [7, 11) is 0. The number of aldehydes is 1. The van der Waals surface area contributed by atoms with Crippen molar-refractivity contribution < 1.29 is 28.8 Å². The monoisotopic (exact) mass is 649 g/mol. The standard InChI is InChI=1S/C29H51N11O6/c1-15(2)10-20(30)26(44)38-21(8-7-9-34-29(31)32)27(45)36-17(5)24(42)39-22(11-19-12-33-14-35-19)28(46)37-18(6)25(43)40-23(13-41)16(3)4/h12-18,20-23H,7-11,30H2,1-6H3,(H,33,35)(H,36,45)(H,37,46)(H,38,44)(H,39,42)(H,40,43)(H4,31,32,34)/t17-,18-,20-,21-,22-,23+/m0/s1. The SMILES string of the molecule is CC(C)C[C@H](N)C(=O)N[C@@H](CCCN=C(N)N)C(=O)N[C@@H](C)C(=O)N[C@@H](Cc1cnc[nH]1)C(=O)N[C@@H](C)C(=O)N[C@H](C=O)C(C)C. The zero-order valence-electron chi connectivity index (χ0n) is 27.5. The van der Waals surface area contributed by atoms with Crippen LogP contribution in [0.4, 0.5) is 0 Å². The first-order valence-corrected chi connectivity index (χ1v) is 15.3. The predicted molar refractivity (Wildman–Crippen MR) is 172 cm³/mol. The maximum absolute atomic E-state index is 13.2. The van der Waals surface area contributed by atoms with Crippen molar-refractivity contribution in [2.24, 2.45) is 34.0 Å². The smallest absolute Gasteiger partial charge is 0.243 e. The number of nitrogens with two attached hydrogens (primary N) is 3. The maximum atomic E-state index is 13.2. The van der Waals surface area contributed by atoms with Crippen LogP contribution in [-0.4, -0.2) is 94.5 Å². The van der Waals surface area contributed by atoms with Crippen LogP contribution in [0, 0.1) is 11.8 Å². The Morgan fingerprint density at radius 1 is 0.848 bits per heavy atom. The number of aromatic amines is 1. The molecule has 0 aliphatic carbocycles. The van der Waals surface area contributed by atoms with Crippen molar-refractivity contribution in [1.29, 1.82) is 0 Å². The molecule has 1 heterocycles. The molecule has 6 atom stereocenters. The van der Waals surface area contributed by atoms with E-state index in [1.165, 1.54) is 26.4 Å². The Hall–Kier alpha value is -4.54. The van der Waals surface area contributed by atoms with Gasteiger partial charge >= 0.3 is 0 Å². The molecule has 17 heteroatoms. The number of hydrogen-bond acceptors (Lipinski definition) is 9. The fourth-order valence-electron chi connectivity index (χ4n) is 4.19. The molecule has 0 saturated carbocycles. The number of nitrogens with zero attached hydrogens (tertiary/aromatic N) is 2. The van der Waals surface area contributed by atoms with Crippen LogP contribution in [0.1, 0.15) is 66.5 Å². The summed E-state index contributed by atoms with van der Waals surface area (Å²) in [6.07, 6.45) is 4.40. The van der Waals surface area contributed by atoms with Gasteiger partial charge < -0.3 is 53.6 Å². The minimum atomic E-state index is -1.17.